The maximum absolute atomic E-state index is 12.9. The molecule has 126 valence electrons. The Kier molecular flexibility index (Phi) is 3.68. The SMILES string of the molecule is CN1C(=O)CO[C@H]2CCN(C(=O)c3cnn4cccnc34)CC[C@@H]21. The van der Waals surface area contributed by atoms with Gasteiger partial charge in [-0.1, -0.05) is 0 Å². The third-order valence-corrected chi connectivity index (χ3v) is 4.92. The lowest BCUT2D eigenvalue weighted by Crippen LogP contribution is -2.52. The number of aromatic nitrogens is 3. The Morgan fingerprint density at radius 2 is 2.17 bits per heavy atom. The Labute approximate surface area is 139 Å². The molecule has 0 saturated carbocycles. The smallest absolute Gasteiger partial charge is 0.259 e. The number of likely N-dealkylation sites (tertiary alicyclic amines) is 1. The fourth-order valence-electron chi connectivity index (χ4n) is 3.52. The quantitative estimate of drug-likeness (QED) is 0.746. The van der Waals surface area contributed by atoms with Crippen LogP contribution in [0.25, 0.3) is 5.65 Å². The first-order chi connectivity index (χ1) is 11.6. The summed E-state index contributed by atoms with van der Waals surface area (Å²) >= 11 is 0. The monoisotopic (exact) mass is 329 g/mol. The zero-order chi connectivity index (χ0) is 16.7. The molecular weight excluding hydrogens is 310 g/mol. The van der Waals surface area contributed by atoms with Crippen molar-refractivity contribution in [3.63, 3.8) is 0 Å². The molecule has 0 bridgehead atoms. The van der Waals surface area contributed by atoms with Crippen LogP contribution in [0.2, 0.25) is 0 Å². The number of rotatable bonds is 1. The lowest BCUT2D eigenvalue weighted by Gasteiger charge is -2.37. The number of carbonyl (C=O) groups excluding carboxylic acids is 2. The molecule has 2 saturated heterocycles. The summed E-state index contributed by atoms with van der Waals surface area (Å²) in [6.07, 6.45) is 6.41. The van der Waals surface area contributed by atoms with Crippen molar-refractivity contribution in [2.24, 2.45) is 0 Å². The van der Waals surface area contributed by atoms with Gasteiger partial charge in [0.2, 0.25) is 5.91 Å². The maximum Gasteiger partial charge on any atom is 0.259 e. The van der Waals surface area contributed by atoms with Crippen LogP contribution < -0.4 is 0 Å². The zero-order valence-electron chi connectivity index (χ0n) is 13.5. The van der Waals surface area contributed by atoms with Gasteiger partial charge in [0.05, 0.1) is 18.3 Å². The van der Waals surface area contributed by atoms with E-state index in [-0.39, 0.29) is 30.6 Å². The van der Waals surface area contributed by atoms with Gasteiger partial charge in [0.15, 0.2) is 5.65 Å². The van der Waals surface area contributed by atoms with Crippen LogP contribution in [0.15, 0.2) is 24.7 Å². The summed E-state index contributed by atoms with van der Waals surface area (Å²) in [4.78, 5) is 32.5. The molecule has 2 aliphatic rings. The van der Waals surface area contributed by atoms with Gasteiger partial charge >= 0.3 is 0 Å². The first-order valence-electron chi connectivity index (χ1n) is 8.10. The fraction of sp³-hybridized carbons (Fsp3) is 0.500. The van der Waals surface area contributed by atoms with Crippen molar-refractivity contribution in [1.82, 2.24) is 24.4 Å². The first-order valence-corrected chi connectivity index (χ1v) is 8.10. The molecule has 0 aromatic carbocycles. The highest BCUT2D eigenvalue weighted by molar-refractivity contribution is 5.99. The minimum atomic E-state index is -0.0728. The van der Waals surface area contributed by atoms with E-state index in [9.17, 15) is 9.59 Å². The third-order valence-electron chi connectivity index (χ3n) is 4.92. The summed E-state index contributed by atoms with van der Waals surface area (Å²) in [5.74, 6) is -0.0702. The molecule has 0 radical (unpaired) electrons. The van der Waals surface area contributed by atoms with Crippen molar-refractivity contribution in [2.45, 2.75) is 25.0 Å². The summed E-state index contributed by atoms with van der Waals surface area (Å²) < 4.78 is 7.27. The van der Waals surface area contributed by atoms with E-state index in [0.29, 0.717) is 30.7 Å². The number of fused-ring (bicyclic) bond motifs is 2. The largest absolute Gasteiger partial charge is 0.366 e. The van der Waals surface area contributed by atoms with Gasteiger partial charge in [-0.05, 0) is 18.9 Å². The number of likely N-dealkylation sites (N-methyl/N-ethyl adjacent to an activating group) is 1. The average molecular weight is 329 g/mol. The summed E-state index contributed by atoms with van der Waals surface area (Å²) in [6, 6.07) is 1.81. The van der Waals surface area contributed by atoms with E-state index in [2.05, 4.69) is 10.1 Å². The lowest BCUT2D eigenvalue weighted by molar-refractivity contribution is -0.154. The van der Waals surface area contributed by atoms with E-state index < -0.39 is 0 Å². The minimum Gasteiger partial charge on any atom is -0.366 e. The van der Waals surface area contributed by atoms with Crippen LogP contribution in [0.4, 0.5) is 0 Å². The van der Waals surface area contributed by atoms with Crippen molar-refractivity contribution in [3.8, 4) is 0 Å². The fourth-order valence-corrected chi connectivity index (χ4v) is 3.52. The van der Waals surface area contributed by atoms with Crippen molar-refractivity contribution in [2.75, 3.05) is 26.7 Å². The summed E-state index contributed by atoms with van der Waals surface area (Å²) in [5.41, 5.74) is 1.07. The molecular formula is C16H19N5O3. The van der Waals surface area contributed by atoms with Gasteiger partial charge in [-0.25, -0.2) is 9.50 Å². The molecule has 2 aliphatic heterocycles. The molecule has 8 heteroatoms. The second-order valence-corrected chi connectivity index (χ2v) is 6.24. The molecule has 0 spiro atoms. The molecule has 0 N–H and O–H groups in total. The van der Waals surface area contributed by atoms with Crippen LogP contribution in [0.5, 0.6) is 0 Å². The second-order valence-electron chi connectivity index (χ2n) is 6.24. The Hall–Kier alpha value is -2.48. The van der Waals surface area contributed by atoms with Gasteiger partial charge in [-0.15, -0.1) is 0 Å². The van der Waals surface area contributed by atoms with E-state index in [1.54, 1.807) is 34.1 Å². The van der Waals surface area contributed by atoms with Crippen LogP contribution >= 0.6 is 0 Å². The standard InChI is InChI=1S/C16H19N5O3/c1-19-12-3-7-20(8-4-13(12)24-10-14(19)22)16(23)11-9-18-21-6-2-5-17-15(11)21/h2,5-6,9,12-13H,3-4,7-8,10H2,1H3/t12-,13-/m0/s1. The van der Waals surface area contributed by atoms with Crippen LogP contribution in [0, 0.1) is 0 Å². The van der Waals surface area contributed by atoms with E-state index >= 15 is 0 Å². The van der Waals surface area contributed by atoms with Gasteiger partial charge in [0.25, 0.3) is 5.91 Å². The molecule has 0 aliphatic carbocycles. The van der Waals surface area contributed by atoms with Crippen molar-refractivity contribution in [3.05, 3.63) is 30.2 Å². The predicted molar refractivity (Wildman–Crippen MR) is 84.4 cm³/mol. The van der Waals surface area contributed by atoms with Gasteiger partial charge in [-0.2, -0.15) is 5.10 Å². The van der Waals surface area contributed by atoms with Crippen molar-refractivity contribution < 1.29 is 14.3 Å². The highest BCUT2D eigenvalue weighted by atomic mass is 16.5. The Bertz CT molecular complexity index is 789. The van der Waals surface area contributed by atoms with E-state index in [0.717, 1.165) is 6.42 Å². The summed E-state index contributed by atoms with van der Waals surface area (Å²) in [5, 5.41) is 4.18. The van der Waals surface area contributed by atoms with E-state index in [1.807, 2.05) is 11.9 Å². The van der Waals surface area contributed by atoms with Crippen LogP contribution in [-0.4, -0.2) is 75.1 Å². The van der Waals surface area contributed by atoms with Crippen LogP contribution in [-0.2, 0) is 9.53 Å². The van der Waals surface area contributed by atoms with Gasteiger partial charge in [0.1, 0.15) is 12.2 Å². The number of hydrogen-bond donors (Lipinski definition) is 0. The Balaban J connectivity index is 1.55. The molecule has 2 aromatic heterocycles. The summed E-state index contributed by atoms with van der Waals surface area (Å²) in [7, 11) is 1.81. The number of morpholine rings is 1. The predicted octanol–water partition coefficient (Wildman–Crippen LogP) is 0.191. The molecule has 2 amide bonds. The van der Waals surface area contributed by atoms with Gasteiger partial charge in [-0.3, -0.25) is 9.59 Å². The maximum atomic E-state index is 12.9. The number of amides is 2. The second kappa shape index (κ2) is 5.86. The molecule has 2 aromatic rings. The number of nitrogens with zero attached hydrogens (tertiary/aromatic N) is 5. The average Bonchev–Trinajstić information content (AvgIpc) is 2.90. The molecule has 24 heavy (non-hydrogen) atoms. The molecule has 2 fully saturated rings. The molecule has 4 heterocycles. The highest BCUT2D eigenvalue weighted by Crippen LogP contribution is 2.24. The number of carbonyl (C=O) groups is 2. The van der Waals surface area contributed by atoms with Crippen LogP contribution in [0.3, 0.4) is 0 Å². The number of ether oxygens (including phenoxy) is 1. The molecule has 8 nitrogen and oxygen atoms in total. The topological polar surface area (TPSA) is 80.0 Å². The van der Waals surface area contributed by atoms with Crippen LogP contribution in [0.1, 0.15) is 23.2 Å². The Morgan fingerprint density at radius 1 is 1.33 bits per heavy atom. The third kappa shape index (κ3) is 2.43. The summed E-state index contributed by atoms with van der Waals surface area (Å²) in [6.45, 7) is 1.32. The zero-order valence-corrected chi connectivity index (χ0v) is 13.5. The Morgan fingerprint density at radius 3 is 3.04 bits per heavy atom. The molecule has 2 atom stereocenters. The molecule has 0 unspecified atom stereocenters. The molecule has 4 rings (SSSR count). The van der Waals surface area contributed by atoms with Gasteiger partial charge < -0.3 is 14.5 Å². The normalized spacial score (nSPS) is 24.8. The van der Waals surface area contributed by atoms with Crippen molar-refractivity contribution in [1.29, 1.82) is 0 Å². The lowest BCUT2D eigenvalue weighted by atomic mass is 10.0. The van der Waals surface area contributed by atoms with Crippen molar-refractivity contribution >= 4 is 17.5 Å². The van der Waals surface area contributed by atoms with E-state index in [4.69, 9.17) is 4.74 Å². The first kappa shape index (κ1) is 15.1. The van der Waals surface area contributed by atoms with Gasteiger partial charge in [0, 0.05) is 32.5 Å². The van der Waals surface area contributed by atoms with E-state index in [1.165, 1.54) is 0 Å². The number of hydrogen-bond acceptors (Lipinski definition) is 5. The minimum absolute atomic E-state index is 0.00264. The highest BCUT2D eigenvalue weighted by Gasteiger charge is 2.37.